The van der Waals surface area contributed by atoms with E-state index in [1.165, 1.54) is 0 Å². The molecule has 4 heteroatoms. The molecule has 2 aromatic carbocycles. The van der Waals surface area contributed by atoms with Gasteiger partial charge in [0.2, 0.25) is 0 Å². The fourth-order valence-electron chi connectivity index (χ4n) is 4.63. The second-order valence-corrected chi connectivity index (χ2v) is 7.65. The van der Waals surface area contributed by atoms with Crippen LogP contribution in [0.1, 0.15) is 30.1 Å². The maximum Gasteiger partial charge on any atom is 0.115 e. The molecule has 1 saturated heterocycles. The average Bonchev–Trinajstić information content (AvgIpc) is 3.11. The molecule has 1 aliphatic carbocycles. The van der Waals surface area contributed by atoms with Gasteiger partial charge in [0.1, 0.15) is 5.75 Å². The topological polar surface area (TPSA) is 63.9 Å². The number of nitrogens with zero attached hydrogens (tertiary/aromatic N) is 1. The summed E-state index contributed by atoms with van der Waals surface area (Å²) < 4.78 is 0. The molecule has 25 heavy (non-hydrogen) atoms. The van der Waals surface area contributed by atoms with Gasteiger partial charge in [-0.15, -0.1) is 0 Å². The molecular weight excluding hydrogens is 314 g/mol. The molecular formula is C21H25NO3. The first kappa shape index (κ1) is 16.6. The number of aliphatic hydroxyl groups is 2. The molecule has 0 radical (unpaired) electrons. The predicted molar refractivity (Wildman–Crippen MR) is 96.1 cm³/mol. The number of benzene rings is 2. The maximum atomic E-state index is 11.0. The number of hydrogen-bond donors (Lipinski definition) is 3. The summed E-state index contributed by atoms with van der Waals surface area (Å²) in [5, 5.41) is 30.9. The fourth-order valence-corrected chi connectivity index (χ4v) is 4.63. The first-order valence-electron chi connectivity index (χ1n) is 9.01. The molecule has 2 aromatic rings. The van der Waals surface area contributed by atoms with E-state index in [0.29, 0.717) is 18.4 Å². The van der Waals surface area contributed by atoms with E-state index in [9.17, 15) is 15.3 Å². The third-order valence-electron chi connectivity index (χ3n) is 5.87. The molecule has 4 nitrogen and oxygen atoms in total. The van der Waals surface area contributed by atoms with Crippen molar-refractivity contribution in [3.8, 4) is 5.75 Å². The largest absolute Gasteiger partial charge is 0.508 e. The van der Waals surface area contributed by atoms with Gasteiger partial charge < -0.3 is 15.3 Å². The van der Waals surface area contributed by atoms with E-state index < -0.39 is 11.7 Å². The van der Waals surface area contributed by atoms with Crippen LogP contribution in [-0.2, 0) is 5.60 Å². The molecule has 2 fully saturated rings. The van der Waals surface area contributed by atoms with Gasteiger partial charge in [-0.1, -0.05) is 42.5 Å². The van der Waals surface area contributed by atoms with Crippen molar-refractivity contribution in [3.05, 3.63) is 65.7 Å². The van der Waals surface area contributed by atoms with Gasteiger partial charge in [0, 0.05) is 19.6 Å². The zero-order valence-electron chi connectivity index (χ0n) is 14.3. The normalized spacial score (nSPS) is 30.3. The number of rotatable bonds is 4. The summed E-state index contributed by atoms with van der Waals surface area (Å²) in [4.78, 5) is 2.30. The number of aromatic hydroxyl groups is 1. The van der Waals surface area contributed by atoms with Crippen molar-refractivity contribution in [2.24, 2.45) is 11.8 Å². The number of phenols is 1. The van der Waals surface area contributed by atoms with Crippen molar-refractivity contribution in [2.75, 3.05) is 19.6 Å². The second-order valence-electron chi connectivity index (χ2n) is 7.65. The molecule has 1 aliphatic heterocycles. The van der Waals surface area contributed by atoms with Gasteiger partial charge in [-0.2, -0.15) is 0 Å². The van der Waals surface area contributed by atoms with E-state index in [-0.39, 0.29) is 5.75 Å². The molecule has 4 atom stereocenters. The summed E-state index contributed by atoms with van der Waals surface area (Å²) >= 11 is 0. The Labute approximate surface area is 148 Å². The Morgan fingerprint density at radius 1 is 0.960 bits per heavy atom. The molecule has 0 spiro atoms. The van der Waals surface area contributed by atoms with E-state index in [1.807, 2.05) is 30.3 Å². The summed E-state index contributed by atoms with van der Waals surface area (Å²) in [5.41, 5.74) is 1.16. The monoisotopic (exact) mass is 339 g/mol. The van der Waals surface area contributed by atoms with Gasteiger partial charge in [-0.3, -0.25) is 4.90 Å². The Hall–Kier alpha value is -1.88. The summed E-state index contributed by atoms with van der Waals surface area (Å²) in [6.45, 7) is 2.45. The molecule has 2 unspecified atom stereocenters. The lowest BCUT2D eigenvalue weighted by Crippen LogP contribution is -2.30. The van der Waals surface area contributed by atoms with E-state index in [0.717, 1.165) is 37.1 Å². The van der Waals surface area contributed by atoms with E-state index >= 15 is 0 Å². The van der Waals surface area contributed by atoms with Crippen LogP contribution >= 0.6 is 0 Å². The van der Waals surface area contributed by atoms with Crippen LogP contribution < -0.4 is 0 Å². The van der Waals surface area contributed by atoms with Crippen LogP contribution in [0.2, 0.25) is 0 Å². The van der Waals surface area contributed by atoms with Crippen molar-refractivity contribution in [1.29, 1.82) is 0 Å². The van der Waals surface area contributed by atoms with Crippen LogP contribution in [0.25, 0.3) is 0 Å². The average molecular weight is 339 g/mol. The number of phenolic OH excluding ortho intramolecular Hbond substituents is 1. The highest BCUT2D eigenvalue weighted by Crippen LogP contribution is 2.49. The third kappa shape index (κ3) is 3.30. The first-order chi connectivity index (χ1) is 12.0. The van der Waals surface area contributed by atoms with E-state index in [1.54, 1.807) is 24.3 Å². The number of likely N-dealkylation sites (tertiary alicyclic amines) is 1. The van der Waals surface area contributed by atoms with Crippen molar-refractivity contribution in [3.63, 3.8) is 0 Å². The van der Waals surface area contributed by atoms with Crippen molar-refractivity contribution in [1.82, 2.24) is 4.90 Å². The lowest BCUT2D eigenvalue weighted by molar-refractivity contribution is 0.0288. The molecule has 2 aliphatic rings. The highest BCUT2D eigenvalue weighted by molar-refractivity contribution is 5.28. The van der Waals surface area contributed by atoms with Gasteiger partial charge in [-0.25, -0.2) is 0 Å². The number of β-amino-alcohol motifs (C(OH)–C–C–N with tert-alkyl or cyclic N) is 1. The SMILES string of the molecule is Oc1ccc(C(O)CN2C[C@@H]3CC(O)(c4ccccc4)C[C@@H]3C2)cc1. The zero-order chi connectivity index (χ0) is 17.4. The highest BCUT2D eigenvalue weighted by Gasteiger charge is 2.49. The fraction of sp³-hybridized carbons (Fsp3) is 0.429. The molecule has 4 rings (SSSR count). The number of fused-ring (bicyclic) bond motifs is 1. The summed E-state index contributed by atoms with van der Waals surface area (Å²) in [6, 6.07) is 16.8. The van der Waals surface area contributed by atoms with E-state index in [4.69, 9.17) is 0 Å². The Morgan fingerprint density at radius 3 is 2.16 bits per heavy atom. The minimum atomic E-state index is -0.696. The standard InChI is InChI=1S/C21H25NO3/c23-19-8-6-15(7-9-19)20(24)14-22-12-16-10-21(25,11-17(16)13-22)18-4-2-1-3-5-18/h1-9,16-17,20,23-25H,10-14H2/t16-,17+,20?,21?. The van der Waals surface area contributed by atoms with Gasteiger partial charge >= 0.3 is 0 Å². The summed E-state index contributed by atoms with van der Waals surface area (Å²) in [6.07, 6.45) is 1.05. The van der Waals surface area contributed by atoms with Gasteiger partial charge in [0.05, 0.1) is 11.7 Å². The zero-order valence-corrected chi connectivity index (χ0v) is 14.3. The Balaban J connectivity index is 1.37. The summed E-state index contributed by atoms with van der Waals surface area (Å²) in [5.74, 6) is 1.18. The Kier molecular flexibility index (Phi) is 4.28. The van der Waals surface area contributed by atoms with Crippen LogP contribution in [-0.4, -0.2) is 39.9 Å². The quantitative estimate of drug-likeness (QED) is 0.801. The minimum Gasteiger partial charge on any atom is -0.508 e. The molecule has 1 heterocycles. The van der Waals surface area contributed by atoms with Gasteiger partial charge in [-0.05, 0) is 47.9 Å². The summed E-state index contributed by atoms with van der Waals surface area (Å²) in [7, 11) is 0. The molecule has 132 valence electrons. The highest BCUT2D eigenvalue weighted by atomic mass is 16.3. The molecule has 1 saturated carbocycles. The van der Waals surface area contributed by atoms with Crippen LogP contribution in [0.15, 0.2) is 54.6 Å². The van der Waals surface area contributed by atoms with Crippen LogP contribution in [0, 0.1) is 11.8 Å². The van der Waals surface area contributed by atoms with Crippen molar-refractivity contribution < 1.29 is 15.3 Å². The van der Waals surface area contributed by atoms with Gasteiger partial charge in [0.15, 0.2) is 0 Å². The third-order valence-corrected chi connectivity index (χ3v) is 5.87. The molecule has 0 bridgehead atoms. The molecule has 0 aromatic heterocycles. The van der Waals surface area contributed by atoms with Gasteiger partial charge in [0.25, 0.3) is 0 Å². The Bertz CT molecular complexity index is 702. The first-order valence-corrected chi connectivity index (χ1v) is 9.01. The van der Waals surface area contributed by atoms with Crippen molar-refractivity contribution >= 4 is 0 Å². The predicted octanol–water partition coefficient (Wildman–Crippen LogP) is 2.66. The van der Waals surface area contributed by atoms with E-state index in [2.05, 4.69) is 4.90 Å². The van der Waals surface area contributed by atoms with Crippen LogP contribution in [0.3, 0.4) is 0 Å². The maximum absolute atomic E-state index is 11.0. The lowest BCUT2D eigenvalue weighted by atomic mass is 9.90. The van der Waals surface area contributed by atoms with Crippen LogP contribution in [0.5, 0.6) is 5.75 Å². The number of aliphatic hydroxyl groups excluding tert-OH is 1. The Morgan fingerprint density at radius 2 is 1.56 bits per heavy atom. The molecule has 0 amide bonds. The minimum absolute atomic E-state index is 0.215. The lowest BCUT2D eigenvalue weighted by Gasteiger charge is -2.27. The van der Waals surface area contributed by atoms with Crippen LogP contribution in [0.4, 0.5) is 0 Å². The number of hydrogen-bond acceptors (Lipinski definition) is 4. The molecule has 3 N–H and O–H groups in total. The van der Waals surface area contributed by atoms with Crippen molar-refractivity contribution in [2.45, 2.75) is 24.5 Å². The smallest absolute Gasteiger partial charge is 0.115 e. The second kappa shape index (κ2) is 6.45.